The fourth-order valence-corrected chi connectivity index (χ4v) is 3.56. The van der Waals surface area contributed by atoms with E-state index in [0.717, 1.165) is 5.75 Å². The molecule has 4 rings (SSSR count). The van der Waals surface area contributed by atoms with Crippen LogP contribution >= 0.6 is 23.2 Å². The summed E-state index contributed by atoms with van der Waals surface area (Å²) in [6.07, 6.45) is 0.586. The van der Waals surface area contributed by atoms with Gasteiger partial charge in [-0.25, -0.2) is 0 Å². The third-order valence-corrected chi connectivity index (χ3v) is 5.32. The van der Waals surface area contributed by atoms with E-state index < -0.39 is 0 Å². The molecule has 31 heavy (non-hydrogen) atoms. The fraction of sp³-hybridized carbons (Fsp3) is 0.160. The maximum absolute atomic E-state index is 13.2. The third kappa shape index (κ3) is 4.87. The quantitative estimate of drug-likeness (QED) is 0.284. The largest absolute Gasteiger partial charge is 0.493 e. The van der Waals surface area contributed by atoms with Crippen molar-refractivity contribution in [3.05, 3.63) is 92.6 Å². The van der Waals surface area contributed by atoms with Crippen molar-refractivity contribution >= 4 is 34.2 Å². The number of hydrogen-bond acceptors (Lipinski definition) is 4. The maximum atomic E-state index is 13.2. The molecule has 0 saturated heterocycles. The first kappa shape index (κ1) is 21.3. The van der Waals surface area contributed by atoms with Crippen LogP contribution in [0.1, 0.15) is 12.0 Å². The molecule has 0 radical (unpaired) electrons. The van der Waals surface area contributed by atoms with Crippen LogP contribution in [-0.4, -0.2) is 13.2 Å². The maximum Gasteiger partial charge on any atom is 0.235 e. The Morgan fingerprint density at radius 3 is 2.42 bits per heavy atom. The zero-order valence-electron chi connectivity index (χ0n) is 16.9. The number of benzene rings is 3. The summed E-state index contributed by atoms with van der Waals surface area (Å²) in [5, 5.41) is 1.27. The summed E-state index contributed by atoms with van der Waals surface area (Å²) in [6, 6.07) is 19.9. The highest BCUT2D eigenvalue weighted by Crippen LogP contribution is 2.35. The zero-order chi connectivity index (χ0) is 21.8. The number of hydrogen-bond donors (Lipinski definition) is 0. The van der Waals surface area contributed by atoms with Gasteiger partial charge in [-0.1, -0.05) is 53.0 Å². The molecule has 0 spiro atoms. The number of fused-ring (bicyclic) bond motifs is 1. The van der Waals surface area contributed by atoms with Gasteiger partial charge in [-0.3, -0.25) is 4.79 Å². The third-order valence-electron chi connectivity index (χ3n) is 4.75. The molecule has 0 bridgehead atoms. The van der Waals surface area contributed by atoms with E-state index in [4.69, 9.17) is 37.1 Å². The molecule has 0 aliphatic heterocycles. The Kier molecular flexibility index (Phi) is 6.50. The summed E-state index contributed by atoms with van der Waals surface area (Å²) in [7, 11) is 0. The summed E-state index contributed by atoms with van der Waals surface area (Å²) < 4.78 is 17.7. The molecule has 4 nitrogen and oxygen atoms in total. The SMILES string of the molecule is Cc1ccc(OCCCOc2c(-c3ccccc3Cl)oc3ccc(Cl)cc3c2=O)cc1. The van der Waals surface area contributed by atoms with Crippen LogP contribution in [0.4, 0.5) is 0 Å². The van der Waals surface area contributed by atoms with E-state index in [-0.39, 0.29) is 17.8 Å². The second-order valence-corrected chi connectivity index (χ2v) is 7.92. The van der Waals surface area contributed by atoms with Crippen molar-refractivity contribution in [1.82, 2.24) is 0 Å². The highest BCUT2D eigenvalue weighted by atomic mass is 35.5. The normalized spacial score (nSPS) is 10.9. The van der Waals surface area contributed by atoms with E-state index in [1.807, 2.05) is 43.3 Å². The lowest BCUT2D eigenvalue weighted by Crippen LogP contribution is -2.13. The van der Waals surface area contributed by atoms with Gasteiger partial charge in [-0.2, -0.15) is 0 Å². The van der Waals surface area contributed by atoms with Crippen molar-refractivity contribution in [3.8, 4) is 22.8 Å². The van der Waals surface area contributed by atoms with Crippen LogP contribution in [0, 0.1) is 6.92 Å². The second-order valence-electron chi connectivity index (χ2n) is 7.07. The van der Waals surface area contributed by atoms with E-state index in [2.05, 4.69) is 0 Å². The Labute approximate surface area is 189 Å². The smallest absolute Gasteiger partial charge is 0.235 e. The molecule has 6 heteroatoms. The van der Waals surface area contributed by atoms with Crippen molar-refractivity contribution in [3.63, 3.8) is 0 Å². The van der Waals surface area contributed by atoms with Crippen LogP contribution in [0.15, 0.2) is 75.9 Å². The Morgan fingerprint density at radius 1 is 0.903 bits per heavy atom. The molecule has 0 aliphatic rings. The van der Waals surface area contributed by atoms with Gasteiger partial charge in [0.25, 0.3) is 0 Å². The van der Waals surface area contributed by atoms with Crippen LogP contribution in [0.5, 0.6) is 11.5 Å². The summed E-state index contributed by atoms with van der Waals surface area (Å²) >= 11 is 12.4. The fourth-order valence-electron chi connectivity index (χ4n) is 3.16. The second kappa shape index (κ2) is 9.46. The van der Waals surface area contributed by atoms with Gasteiger partial charge in [0.1, 0.15) is 11.3 Å². The monoisotopic (exact) mass is 454 g/mol. The van der Waals surface area contributed by atoms with Gasteiger partial charge in [0, 0.05) is 17.0 Å². The summed E-state index contributed by atoms with van der Waals surface area (Å²) in [5.41, 5.74) is 1.88. The Bertz CT molecular complexity index is 1260. The summed E-state index contributed by atoms with van der Waals surface area (Å²) in [5.74, 6) is 1.20. The molecule has 0 fully saturated rings. The average Bonchev–Trinajstić information content (AvgIpc) is 2.77. The first-order chi connectivity index (χ1) is 15.0. The van der Waals surface area contributed by atoms with E-state index >= 15 is 0 Å². The molecule has 0 aliphatic carbocycles. The van der Waals surface area contributed by atoms with Crippen LogP contribution in [0.25, 0.3) is 22.3 Å². The van der Waals surface area contributed by atoms with Gasteiger partial charge >= 0.3 is 0 Å². The van der Waals surface area contributed by atoms with E-state index in [0.29, 0.717) is 45.4 Å². The molecular weight excluding hydrogens is 435 g/mol. The lowest BCUT2D eigenvalue weighted by molar-refractivity contribution is 0.244. The summed E-state index contributed by atoms with van der Waals surface area (Å²) in [4.78, 5) is 13.2. The van der Waals surface area contributed by atoms with E-state index in [1.54, 1.807) is 30.3 Å². The van der Waals surface area contributed by atoms with Crippen LogP contribution in [0.3, 0.4) is 0 Å². The van der Waals surface area contributed by atoms with Gasteiger partial charge in [-0.15, -0.1) is 0 Å². The Morgan fingerprint density at radius 2 is 1.65 bits per heavy atom. The topological polar surface area (TPSA) is 48.7 Å². The van der Waals surface area contributed by atoms with Gasteiger partial charge in [0.2, 0.25) is 11.2 Å². The van der Waals surface area contributed by atoms with E-state index in [1.165, 1.54) is 5.56 Å². The molecule has 1 heterocycles. The van der Waals surface area contributed by atoms with Gasteiger partial charge in [-0.05, 0) is 49.4 Å². The van der Waals surface area contributed by atoms with Crippen molar-refractivity contribution in [1.29, 1.82) is 0 Å². The number of rotatable bonds is 7. The highest BCUT2D eigenvalue weighted by Gasteiger charge is 2.19. The Balaban J connectivity index is 1.58. The standard InChI is InChI=1S/C25H20Cl2O4/c1-16-7-10-18(11-8-16)29-13-4-14-30-25-23(28)20-15-17(26)9-12-22(20)31-24(25)19-5-2-3-6-21(19)27/h2-3,5-12,15H,4,13-14H2,1H3. The van der Waals surface area contributed by atoms with Gasteiger partial charge in [0.05, 0.1) is 23.6 Å². The van der Waals surface area contributed by atoms with Crippen molar-refractivity contribution in [2.75, 3.05) is 13.2 Å². The average molecular weight is 455 g/mol. The molecular formula is C25H20Cl2O4. The zero-order valence-corrected chi connectivity index (χ0v) is 18.4. The lowest BCUT2D eigenvalue weighted by atomic mass is 10.1. The predicted octanol–water partition coefficient (Wildman–Crippen LogP) is 6.92. The minimum Gasteiger partial charge on any atom is -0.493 e. The first-order valence-corrected chi connectivity index (χ1v) is 10.6. The first-order valence-electron chi connectivity index (χ1n) is 9.86. The molecule has 0 amide bonds. The lowest BCUT2D eigenvalue weighted by Gasteiger charge is -2.13. The minimum absolute atomic E-state index is 0.109. The van der Waals surface area contributed by atoms with Crippen molar-refractivity contribution in [2.24, 2.45) is 0 Å². The number of aryl methyl sites for hydroxylation is 1. The molecule has 3 aromatic carbocycles. The number of halogens is 2. The highest BCUT2D eigenvalue weighted by molar-refractivity contribution is 6.33. The number of ether oxygens (including phenoxy) is 2. The van der Waals surface area contributed by atoms with Crippen molar-refractivity contribution in [2.45, 2.75) is 13.3 Å². The van der Waals surface area contributed by atoms with Crippen LogP contribution in [0.2, 0.25) is 10.0 Å². The minimum atomic E-state index is -0.293. The van der Waals surface area contributed by atoms with Gasteiger partial charge < -0.3 is 13.9 Å². The molecule has 0 N–H and O–H groups in total. The molecule has 1 aromatic heterocycles. The van der Waals surface area contributed by atoms with E-state index in [9.17, 15) is 4.79 Å². The predicted molar refractivity (Wildman–Crippen MR) is 125 cm³/mol. The molecule has 0 unspecified atom stereocenters. The molecule has 0 saturated carbocycles. The molecule has 158 valence electrons. The van der Waals surface area contributed by atoms with Gasteiger partial charge in [0.15, 0.2) is 5.76 Å². The Hall–Kier alpha value is -2.95. The van der Waals surface area contributed by atoms with Crippen LogP contribution < -0.4 is 14.9 Å². The van der Waals surface area contributed by atoms with Crippen molar-refractivity contribution < 1.29 is 13.9 Å². The van der Waals surface area contributed by atoms with Crippen LogP contribution in [-0.2, 0) is 0 Å². The molecule has 0 atom stereocenters. The molecule has 4 aromatic rings. The summed E-state index contributed by atoms with van der Waals surface area (Å²) in [6.45, 7) is 2.76.